The maximum absolute atomic E-state index is 12.1. The van der Waals surface area contributed by atoms with E-state index in [2.05, 4.69) is 10.0 Å². The number of anilines is 1. The van der Waals surface area contributed by atoms with Crippen molar-refractivity contribution in [2.24, 2.45) is 5.92 Å². The Kier molecular flexibility index (Phi) is 7.28. The predicted molar refractivity (Wildman–Crippen MR) is 109 cm³/mol. The first-order valence-electron chi connectivity index (χ1n) is 9.61. The van der Waals surface area contributed by atoms with Crippen LogP contribution >= 0.6 is 0 Å². The van der Waals surface area contributed by atoms with Crippen molar-refractivity contribution in [1.29, 1.82) is 0 Å². The van der Waals surface area contributed by atoms with Gasteiger partial charge in [-0.2, -0.15) is 0 Å². The molecule has 2 rings (SSSR count). The van der Waals surface area contributed by atoms with E-state index in [9.17, 15) is 13.2 Å². The molecule has 0 radical (unpaired) electrons. The SMILES string of the molecule is Cc1cc(OCC2CC2)ccc1NC(=O)CCCCNS(=O)(=O)C(C)(C)C. The first-order valence-corrected chi connectivity index (χ1v) is 11.1. The van der Waals surface area contributed by atoms with Gasteiger partial charge in [-0.3, -0.25) is 4.79 Å². The molecule has 0 bridgehead atoms. The molecule has 7 heteroatoms. The van der Waals surface area contributed by atoms with Crippen LogP contribution in [-0.4, -0.2) is 32.2 Å². The standard InChI is InChI=1S/C20H32N2O4S/c1-15-13-17(26-14-16-8-9-16)10-11-18(15)22-19(23)7-5-6-12-21-27(24,25)20(2,3)4/h10-11,13,16,21H,5-9,12,14H2,1-4H3,(H,22,23). The third-order valence-electron chi connectivity index (χ3n) is 4.58. The number of amides is 1. The highest BCUT2D eigenvalue weighted by atomic mass is 32.2. The van der Waals surface area contributed by atoms with Crippen LogP contribution in [0.1, 0.15) is 58.4 Å². The number of hydrogen-bond donors (Lipinski definition) is 2. The molecule has 1 aliphatic carbocycles. The third-order valence-corrected chi connectivity index (χ3v) is 6.78. The molecule has 0 atom stereocenters. The molecule has 1 fully saturated rings. The lowest BCUT2D eigenvalue weighted by Gasteiger charge is -2.19. The van der Waals surface area contributed by atoms with E-state index >= 15 is 0 Å². The van der Waals surface area contributed by atoms with Gasteiger partial charge in [0, 0.05) is 18.7 Å². The number of carbonyl (C=O) groups is 1. The van der Waals surface area contributed by atoms with Crippen molar-refractivity contribution in [3.8, 4) is 5.75 Å². The topological polar surface area (TPSA) is 84.5 Å². The Hall–Kier alpha value is -1.60. The molecule has 0 heterocycles. The zero-order valence-electron chi connectivity index (χ0n) is 16.8. The number of hydrogen-bond acceptors (Lipinski definition) is 4. The summed E-state index contributed by atoms with van der Waals surface area (Å²) in [6.07, 6.45) is 4.11. The summed E-state index contributed by atoms with van der Waals surface area (Å²) >= 11 is 0. The zero-order chi connectivity index (χ0) is 20.1. The number of aryl methyl sites for hydroxylation is 1. The summed E-state index contributed by atoms with van der Waals surface area (Å²) in [4.78, 5) is 12.1. The van der Waals surface area contributed by atoms with Gasteiger partial charge in [0.15, 0.2) is 0 Å². The molecule has 1 aromatic rings. The molecule has 0 spiro atoms. The van der Waals surface area contributed by atoms with Crippen LogP contribution in [0.15, 0.2) is 18.2 Å². The number of nitrogens with one attached hydrogen (secondary N) is 2. The molecular formula is C20H32N2O4S. The molecule has 1 aromatic carbocycles. The van der Waals surface area contributed by atoms with Gasteiger partial charge in [0.2, 0.25) is 15.9 Å². The van der Waals surface area contributed by atoms with Gasteiger partial charge in [0.05, 0.1) is 11.4 Å². The quantitative estimate of drug-likeness (QED) is 0.592. The fourth-order valence-electron chi connectivity index (χ4n) is 2.41. The Morgan fingerprint density at radius 1 is 1.22 bits per heavy atom. The third kappa shape index (κ3) is 7.14. The van der Waals surface area contributed by atoms with Gasteiger partial charge in [-0.15, -0.1) is 0 Å². The maximum Gasteiger partial charge on any atom is 0.224 e. The van der Waals surface area contributed by atoms with Gasteiger partial charge in [0.1, 0.15) is 5.75 Å². The monoisotopic (exact) mass is 396 g/mol. The number of carbonyl (C=O) groups excluding carboxylic acids is 1. The largest absolute Gasteiger partial charge is 0.493 e. The Labute approximate surface area is 163 Å². The molecule has 1 aliphatic rings. The summed E-state index contributed by atoms with van der Waals surface area (Å²) in [5, 5.41) is 2.91. The first-order chi connectivity index (χ1) is 12.6. The van der Waals surface area contributed by atoms with Crippen LogP contribution in [0.5, 0.6) is 5.75 Å². The molecule has 0 unspecified atom stereocenters. The molecule has 152 valence electrons. The minimum absolute atomic E-state index is 0.0663. The fourth-order valence-corrected chi connectivity index (χ4v) is 3.26. The fraction of sp³-hybridized carbons (Fsp3) is 0.650. The van der Waals surface area contributed by atoms with Gasteiger partial charge in [-0.05, 0) is 83.1 Å². The van der Waals surface area contributed by atoms with Crippen LogP contribution in [0.2, 0.25) is 0 Å². The van der Waals surface area contributed by atoms with E-state index in [1.807, 2.05) is 25.1 Å². The lowest BCUT2D eigenvalue weighted by atomic mass is 10.1. The molecule has 0 aromatic heterocycles. The first kappa shape index (κ1) is 21.7. The van der Waals surface area contributed by atoms with Crippen molar-refractivity contribution < 1.29 is 17.9 Å². The normalized spacial score (nSPS) is 14.8. The van der Waals surface area contributed by atoms with Crippen molar-refractivity contribution in [3.63, 3.8) is 0 Å². The second kappa shape index (κ2) is 9.06. The van der Waals surface area contributed by atoms with Gasteiger partial charge < -0.3 is 10.1 Å². The summed E-state index contributed by atoms with van der Waals surface area (Å²) in [6, 6.07) is 5.69. The highest BCUT2D eigenvalue weighted by molar-refractivity contribution is 7.90. The van der Waals surface area contributed by atoms with E-state index in [0.29, 0.717) is 31.7 Å². The molecule has 27 heavy (non-hydrogen) atoms. The highest BCUT2D eigenvalue weighted by Crippen LogP contribution is 2.30. The van der Waals surface area contributed by atoms with E-state index in [1.165, 1.54) is 12.8 Å². The summed E-state index contributed by atoms with van der Waals surface area (Å²) < 4.78 is 31.4. The van der Waals surface area contributed by atoms with Gasteiger partial charge in [0.25, 0.3) is 0 Å². The Bertz CT molecular complexity index is 750. The number of unbranched alkanes of at least 4 members (excludes halogenated alkanes) is 1. The summed E-state index contributed by atoms with van der Waals surface area (Å²) in [5.41, 5.74) is 1.75. The molecule has 1 saturated carbocycles. The van der Waals surface area contributed by atoms with Gasteiger partial charge in [-0.1, -0.05) is 0 Å². The van der Waals surface area contributed by atoms with Crippen LogP contribution in [0.4, 0.5) is 5.69 Å². The average Bonchev–Trinajstić information content (AvgIpc) is 3.38. The summed E-state index contributed by atoms with van der Waals surface area (Å²) in [5.74, 6) is 1.48. The Morgan fingerprint density at radius 3 is 2.52 bits per heavy atom. The number of rotatable bonds is 10. The second-order valence-electron chi connectivity index (χ2n) is 8.25. The predicted octanol–water partition coefficient (Wildman–Crippen LogP) is 3.61. The minimum Gasteiger partial charge on any atom is -0.493 e. The smallest absolute Gasteiger partial charge is 0.224 e. The van der Waals surface area contributed by atoms with Crippen molar-refractivity contribution in [3.05, 3.63) is 23.8 Å². The molecule has 0 aliphatic heterocycles. The van der Waals surface area contributed by atoms with E-state index < -0.39 is 14.8 Å². The Balaban J connectivity index is 1.69. The van der Waals surface area contributed by atoms with Crippen LogP contribution in [0.3, 0.4) is 0 Å². The van der Waals surface area contributed by atoms with E-state index in [1.54, 1.807) is 20.8 Å². The lowest BCUT2D eigenvalue weighted by Crippen LogP contribution is -2.39. The van der Waals surface area contributed by atoms with E-state index in [-0.39, 0.29) is 5.91 Å². The van der Waals surface area contributed by atoms with E-state index in [4.69, 9.17) is 4.74 Å². The second-order valence-corrected chi connectivity index (χ2v) is 10.8. The van der Waals surface area contributed by atoms with Crippen molar-refractivity contribution in [2.75, 3.05) is 18.5 Å². The van der Waals surface area contributed by atoms with Crippen LogP contribution in [0.25, 0.3) is 0 Å². The number of benzene rings is 1. The number of ether oxygens (including phenoxy) is 1. The van der Waals surface area contributed by atoms with Crippen molar-refractivity contribution in [1.82, 2.24) is 4.72 Å². The molecule has 2 N–H and O–H groups in total. The molecular weight excluding hydrogens is 364 g/mol. The maximum atomic E-state index is 12.1. The van der Waals surface area contributed by atoms with Crippen molar-refractivity contribution >= 4 is 21.6 Å². The Morgan fingerprint density at radius 2 is 1.93 bits per heavy atom. The van der Waals surface area contributed by atoms with Gasteiger partial charge >= 0.3 is 0 Å². The van der Waals surface area contributed by atoms with Crippen LogP contribution < -0.4 is 14.8 Å². The molecule has 0 saturated heterocycles. The summed E-state index contributed by atoms with van der Waals surface area (Å²) in [6.45, 7) is 8.04. The van der Waals surface area contributed by atoms with Crippen molar-refractivity contribution in [2.45, 2.75) is 64.5 Å². The summed E-state index contributed by atoms with van der Waals surface area (Å²) in [7, 11) is -3.33. The highest BCUT2D eigenvalue weighted by Gasteiger charge is 2.28. The lowest BCUT2D eigenvalue weighted by molar-refractivity contribution is -0.116. The zero-order valence-corrected chi connectivity index (χ0v) is 17.6. The van der Waals surface area contributed by atoms with Gasteiger partial charge in [-0.25, -0.2) is 13.1 Å². The number of sulfonamides is 1. The molecule has 1 amide bonds. The minimum atomic E-state index is -3.33. The van der Waals surface area contributed by atoms with Crippen LogP contribution in [0, 0.1) is 12.8 Å². The van der Waals surface area contributed by atoms with Crippen LogP contribution in [-0.2, 0) is 14.8 Å². The average molecular weight is 397 g/mol. The molecule has 6 nitrogen and oxygen atoms in total. The van der Waals surface area contributed by atoms with E-state index in [0.717, 1.165) is 23.6 Å².